The van der Waals surface area contributed by atoms with E-state index < -0.39 is 0 Å². The lowest BCUT2D eigenvalue weighted by Crippen LogP contribution is -2.30. The Morgan fingerprint density at radius 2 is 2.33 bits per heavy atom. The third-order valence-electron chi connectivity index (χ3n) is 3.46. The Morgan fingerprint density at radius 3 is 2.92 bits per heavy atom. The van der Waals surface area contributed by atoms with E-state index in [1.807, 2.05) is 20.8 Å². The maximum atomic E-state index is 11.3. The summed E-state index contributed by atoms with van der Waals surface area (Å²) < 4.78 is 5.39. The summed E-state index contributed by atoms with van der Waals surface area (Å²) in [5, 5.41) is 0. The molecule has 0 saturated carbocycles. The van der Waals surface area contributed by atoms with Crippen molar-refractivity contribution in [3.05, 3.63) is 11.6 Å². The van der Waals surface area contributed by atoms with Gasteiger partial charge >= 0.3 is 5.97 Å². The number of carbonyl (C=O) groups excluding carboxylic acids is 1. The number of fused-ring (bicyclic) bond motifs is 1. The fourth-order valence-electron chi connectivity index (χ4n) is 2.33. The lowest BCUT2D eigenvalue weighted by atomic mass is 9.83. The van der Waals surface area contributed by atoms with Crippen molar-refractivity contribution >= 4 is 5.97 Å². The van der Waals surface area contributed by atoms with E-state index in [1.165, 1.54) is 5.57 Å². The van der Waals surface area contributed by atoms with Gasteiger partial charge in [0.05, 0.1) is 5.92 Å². The number of ether oxygens (including phenoxy) is 1. The van der Waals surface area contributed by atoms with E-state index in [9.17, 15) is 4.79 Å². The molecule has 2 rings (SSSR count). The van der Waals surface area contributed by atoms with Crippen LogP contribution in [0, 0.1) is 11.8 Å². The minimum Gasteiger partial charge on any atom is -0.454 e. The van der Waals surface area contributed by atoms with E-state index in [2.05, 4.69) is 6.08 Å². The van der Waals surface area contributed by atoms with Gasteiger partial charge in [0.15, 0.2) is 0 Å². The van der Waals surface area contributed by atoms with Gasteiger partial charge in [-0.1, -0.05) is 13.0 Å². The molecule has 0 aromatic carbocycles. The summed E-state index contributed by atoms with van der Waals surface area (Å²) in [6.07, 6.45) is 3.18. The molecule has 2 nitrogen and oxygen atoms in total. The molecule has 1 fully saturated rings. The minimum absolute atomic E-state index is 0.0325. The number of allylic oxidation sites excluding steroid dienone is 1. The molecular formula is C10H14O2. The largest absolute Gasteiger partial charge is 0.454 e. The predicted octanol–water partition coefficient (Wildman–Crippen LogP) is 1.90. The fourth-order valence-corrected chi connectivity index (χ4v) is 2.33. The molecule has 0 aromatic rings. The highest BCUT2D eigenvalue weighted by atomic mass is 16.6. The molecule has 2 heteroatoms. The molecule has 1 aliphatic heterocycles. The van der Waals surface area contributed by atoms with Crippen molar-refractivity contribution in [3.8, 4) is 0 Å². The van der Waals surface area contributed by atoms with Crippen molar-refractivity contribution in [2.45, 2.75) is 32.8 Å². The molecule has 0 N–H and O–H groups in total. The van der Waals surface area contributed by atoms with Crippen LogP contribution in [0.3, 0.4) is 0 Å². The van der Waals surface area contributed by atoms with Crippen molar-refractivity contribution in [3.63, 3.8) is 0 Å². The lowest BCUT2D eigenvalue weighted by Gasteiger charge is -2.25. The number of hydrogen-bond acceptors (Lipinski definition) is 2. The van der Waals surface area contributed by atoms with Crippen LogP contribution in [0.5, 0.6) is 0 Å². The molecule has 0 amide bonds. The van der Waals surface area contributed by atoms with Crippen LogP contribution in [0.15, 0.2) is 11.6 Å². The zero-order valence-electron chi connectivity index (χ0n) is 7.76. The van der Waals surface area contributed by atoms with Crippen LogP contribution in [-0.2, 0) is 9.53 Å². The van der Waals surface area contributed by atoms with Crippen molar-refractivity contribution in [2.24, 2.45) is 11.8 Å². The van der Waals surface area contributed by atoms with Gasteiger partial charge in [-0.05, 0) is 25.8 Å². The smallest absolute Gasteiger partial charge is 0.309 e. The molecule has 1 aliphatic carbocycles. The Morgan fingerprint density at radius 1 is 1.67 bits per heavy atom. The number of hydrogen-bond donors (Lipinski definition) is 0. The number of esters is 1. The number of rotatable bonds is 0. The number of carbonyl (C=O) groups is 1. The van der Waals surface area contributed by atoms with Crippen LogP contribution < -0.4 is 0 Å². The lowest BCUT2D eigenvalue weighted by molar-refractivity contribution is -0.147. The van der Waals surface area contributed by atoms with Crippen LogP contribution in [0.2, 0.25) is 0 Å². The Bertz CT molecular complexity index is 267. The standard InChI is InChI=1S/C10H14O2/c1-6-4-5-8-7(2)9(11)12-10(6,8)3/h4,7-8H,5H2,1-3H3/t7-,8-,10-/m1/s1. The average Bonchev–Trinajstić information content (AvgIpc) is 2.38. The first-order valence-electron chi connectivity index (χ1n) is 4.46. The first-order chi connectivity index (χ1) is 5.55. The normalized spacial score (nSPS) is 45.6. The van der Waals surface area contributed by atoms with Crippen molar-refractivity contribution in [1.82, 2.24) is 0 Å². The topological polar surface area (TPSA) is 26.3 Å². The highest BCUT2D eigenvalue weighted by molar-refractivity contribution is 5.76. The van der Waals surface area contributed by atoms with Crippen LogP contribution in [0.4, 0.5) is 0 Å². The summed E-state index contributed by atoms with van der Waals surface area (Å²) in [5.41, 5.74) is 0.932. The molecule has 0 bridgehead atoms. The molecule has 2 aliphatic rings. The Kier molecular flexibility index (Phi) is 1.39. The van der Waals surface area contributed by atoms with Gasteiger partial charge in [-0.25, -0.2) is 0 Å². The Hall–Kier alpha value is -0.790. The van der Waals surface area contributed by atoms with Crippen LogP contribution in [-0.4, -0.2) is 11.6 Å². The van der Waals surface area contributed by atoms with Gasteiger partial charge in [0.1, 0.15) is 5.60 Å². The van der Waals surface area contributed by atoms with Crippen molar-refractivity contribution in [2.75, 3.05) is 0 Å². The Labute approximate surface area is 72.6 Å². The SMILES string of the molecule is CC1=CC[C@@H]2[C@@H](C)C(=O)O[C@]12C. The average molecular weight is 166 g/mol. The second-order valence-corrected chi connectivity index (χ2v) is 4.05. The first kappa shape index (κ1) is 7.84. The van der Waals surface area contributed by atoms with E-state index in [4.69, 9.17) is 4.74 Å². The highest BCUT2D eigenvalue weighted by Gasteiger charge is 2.53. The monoisotopic (exact) mass is 166 g/mol. The Balaban J connectivity index is 2.37. The van der Waals surface area contributed by atoms with E-state index in [-0.39, 0.29) is 17.5 Å². The molecule has 3 atom stereocenters. The van der Waals surface area contributed by atoms with E-state index in [0.717, 1.165) is 6.42 Å². The van der Waals surface area contributed by atoms with Crippen molar-refractivity contribution < 1.29 is 9.53 Å². The van der Waals surface area contributed by atoms with Gasteiger partial charge < -0.3 is 4.74 Å². The van der Waals surface area contributed by atoms with Crippen LogP contribution >= 0.6 is 0 Å². The maximum absolute atomic E-state index is 11.3. The molecule has 0 spiro atoms. The zero-order valence-corrected chi connectivity index (χ0v) is 7.76. The van der Waals surface area contributed by atoms with Gasteiger partial charge in [-0.2, -0.15) is 0 Å². The van der Waals surface area contributed by atoms with Gasteiger partial charge in [-0.15, -0.1) is 0 Å². The summed E-state index contributed by atoms with van der Waals surface area (Å²) >= 11 is 0. The highest BCUT2D eigenvalue weighted by Crippen LogP contribution is 2.48. The van der Waals surface area contributed by atoms with Gasteiger partial charge in [0, 0.05) is 5.92 Å². The summed E-state index contributed by atoms with van der Waals surface area (Å²) in [6.45, 7) is 6.04. The van der Waals surface area contributed by atoms with Crippen molar-refractivity contribution in [1.29, 1.82) is 0 Å². The fraction of sp³-hybridized carbons (Fsp3) is 0.700. The summed E-state index contributed by atoms with van der Waals surface area (Å²) in [5.74, 6) is 0.420. The van der Waals surface area contributed by atoms with Crippen LogP contribution in [0.25, 0.3) is 0 Å². The molecule has 0 aromatic heterocycles. The first-order valence-corrected chi connectivity index (χ1v) is 4.46. The molecule has 0 radical (unpaired) electrons. The molecule has 66 valence electrons. The molecule has 1 heterocycles. The van der Waals surface area contributed by atoms with Gasteiger partial charge in [0.2, 0.25) is 0 Å². The molecule has 1 saturated heterocycles. The van der Waals surface area contributed by atoms with Crippen LogP contribution in [0.1, 0.15) is 27.2 Å². The molecule has 0 unspecified atom stereocenters. The minimum atomic E-state index is -0.281. The van der Waals surface area contributed by atoms with Gasteiger partial charge in [0.25, 0.3) is 0 Å². The second kappa shape index (κ2) is 2.12. The maximum Gasteiger partial charge on any atom is 0.309 e. The summed E-state index contributed by atoms with van der Waals surface area (Å²) in [7, 11) is 0. The molecule has 12 heavy (non-hydrogen) atoms. The predicted molar refractivity (Wildman–Crippen MR) is 45.5 cm³/mol. The third kappa shape index (κ3) is 0.728. The summed E-state index contributed by atoms with van der Waals surface area (Å²) in [6, 6.07) is 0. The third-order valence-corrected chi connectivity index (χ3v) is 3.46. The van der Waals surface area contributed by atoms with E-state index >= 15 is 0 Å². The second-order valence-electron chi connectivity index (χ2n) is 4.05. The van der Waals surface area contributed by atoms with Gasteiger partial charge in [-0.3, -0.25) is 4.79 Å². The molecular weight excluding hydrogens is 152 g/mol. The zero-order chi connectivity index (χ0) is 8.93. The van der Waals surface area contributed by atoms with E-state index in [1.54, 1.807) is 0 Å². The quantitative estimate of drug-likeness (QED) is 0.406. The summed E-state index contributed by atoms with van der Waals surface area (Å²) in [4.78, 5) is 11.3. The van der Waals surface area contributed by atoms with E-state index in [0.29, 0.717) is 5.92 Å².